The Hall–Kier alpha value is -3.64. The van der Waals surface area contributed by atoms with Crippen molar-refractivity contribution in [3.05, 3.63) is 56.5 Å². The first kappa shape index (κ1) is 21.7. The molecule has 2 amide bonds. The van der Waals surface area contributed by atoms with E-state index < -0.39 is 5.91 Å². The fourth-order valence-electron chi connectivity index (χ4n) is 2.47. The van der Waals surface area contributed by atoms with Crippen LogP contribution in [0.4, 0.5) is 11.4 Å². The summed E-state index contributed by atoms with van der Waals surface area (Å²) in [6, 6.07) is 8.84. The van der Waals surface area contributed by atoms with E-state index in [1.807, 2.05) is 6.07 Å². The second-order valence-corrected chi connectivity index (χ2v) is 6.76. The van der Waals surface area contributed by atoms with Crippen molar-refractivity contribution >= 4 is 46.3 Å². The molecule has 0 unspecified atom stereocenters. The maximum Gasteiger partial charge on any atom is 0.270 e. The van der Waals surface area contributed by atoms with E-state index in [0.29, 0.717) is 33.7 Å². The van der Waals surface area contributed by atoms with Crippen LogP contribution in [0.25, 0.3) is 11.8 Å². The molecule has 1 aromatic carbocycles. The van der Waals surface area contributed by atoms with Crippen LogP contribution in [-0.2, 0) is 16.1 Å². The SMILES string of the molecule is C=CC(=O)Nc1cccc(NC=c2sc(=C(C#N)C(=O)NCC)n(CC)c2=O)c1. The molecule has 2 rings (SSSR count). The quantitative estimate of drug-likeness (QED) is 0.581. The van der Waals surface area contributed by atoms with Crippen LogP contribution >= 0.6 is 11.3 Å². The summed E-state index contributed by atoms with van der Waals surface area (Å²) < 4.78 is 2.05. The zero-order chi connectivity index (χ0) is 21.4. The van der Waals surface area contributed by atoms with Gasteiger partial charge in [0.25, 0.3) is 11.5 Å². The summed E-state index contributed by atoms with van der Waals surface area (Å²) in [5, 5.41) is 17.7. The number of hydrogen-bond acceptors (Lipinski definition) is 6. The van der Waals surface area contributed by atoms with E-state index in [2.05, 4.69) is 22.5 Å². The van der Waals surface area contributed by atoms with E-state index in [1.54, 1.807) is 38.1 Å². The average Bonchev–Trinajstić information content (AvgIpc) is 3.02. The van der Waals surface area contributed by atoms with Gasteiger partial charge in [-0.05, 0) is 38.1 Å². The Bertz CT molecular complexity index is 1150. The molecule has 0 bridgehead atoms. The molecule has 0 spiro atoms. The number of anilines is 2. The van der Waals surface area contributed by atoms with Crippen LogP contribution in [0, 0.1) is 11.3 Å². The molecule has 0 saturated heterocycles. The third-order valence-corrected chi connectivity index (χ3v) is 4.93. The Morgan fingerprint density at radius 3 is 2.66 bits per heavy atom. The number of benzene rings is 1. The lowest BCUT2D eigenvalue weighted by atomic mass is 10.2. The highest BCUT2D eigenvalue weighted by Gasteiger charge is 2.14. The van der Waals surface area contributed by atoms with Gasteiger partial charge < -0.3 is 16.0 Å². The predicted octanol–water partition coefficient (Wildman–Crippen LogP) is 0.715. The number of aromatic nitrogens is 1. The molecule has 3 N–H and O–H groups in total. The van der Waals surface area contributed by atoms with Crippen LogP contribution in [0.5, 0.6) is 0 Å². The van der Waals surface area contributed by atoms with Crippen LogP contribution in [-0.4, -0.2) is 22.9 Å². The summed E-state index contributed by atoms with van der Waals surface area (Å²) in [5.41, 5.74) is 0.831. The topological polar surface area (TPSA) is 116 Å². The third-order valence-electron chi connectivity index (χ3n) is 3.80. The lowest BCUT2D eigenvalue weighted by Crippen LogP contribution is -2.34. The van der Waals surface area contributed by atoms with Gasteiger partial charge in [-0.3, -0.25) is 19.0 Å². The molecule has 29 heavy (non-hydrogen) atoms. The van der Waals surface area contributed by atoms with Gasteiger partial charge in [0.2, 0.25) is 5.91 Å². The summed E-state index contributed by atoms with van der Waals surface area (Å²) >= 11 is 1.06. The van der Waals surface area contributed by atoms with Gasteiger partial charge in [0.1, 0.15) is 15.3 Å². The van der Waals surface area contributed by atoms with Gasteiger partial charge in [0, 0.05) is 30.7 Å². The normalized spacial score (nSPS) is 12.0. The van der Waals surface area contributed by atoms with E-state index >= 15 is 0 Å². The Morgan fingerprint density at radius 2 is 2.03 bits per heavy atom. The minimum Gasteiger partial charge on any atom is -0.360 e. The molecule has 0 aliphatic carbocycles. The van der Waals surface area contributed by atoms with Gasteiger partial charge in [-0.1, -0.05) is 12.6 Å². The van der Waals surface area contributed by atoms with Gasteiger partial charge in [-0.25, -0.2) is 0 Å². The van der Waals surface area contributed by atoms with Crippen molar-refractivity contribution in [2.24, 2.45) is 0 Å². The van der Waals surface area contributed by atoms with Crippen LogP contribution in [0.1, 0.15) is 13.8 Å². The Balaban J connectivity index is 2.47. The van der Waals surface area contributed by atoms with Crippen molar-refractivity contribution in [1.29, 1.82) is 5.26 Å². The van der Waals surface area contributed by atoms with E-state index in [-0.39, 0.29) is 17.0 Å². The highest BCUT2D eigenvalue weighted by molar-refractivity contribution is 7.07. The molecular weight excluding hydrogens is 390 g/mol. The third kappa shape index (κ3) is 5.21. The van der Waals surface area contributed by atoms with Gasteiger partial charge in [0.15, 0.2) is 5.57 Å². The lowest BCUT2D eigenvalue weighted by Gasteiger charge is -2.05. The van der Waals surface area contributed by atoms with Crippen molar-refractivity contribution in [2.75, 3.05) is 17.2 Å². The predicted molar refractivity (Wildman–Crippen MR) is 115 cm³/mol. The standard InChI is InChI=1S/C20H21N5O3S/c1-4-17(26)24-14-9-7-8-13(10-14)23-12-16-19(28)25(6-3)20(29-16)15(11-21)18(27)22-5-2/h4,7-10,12,23H,1,5-6H2,2-3H3,(H,22,27)(H,24,26). The van der Waals surface area contributed by atoms with Crippen LogP contribution in [0.2, 0.25) is 0 Å². The molecule has 150 valence electrons. The van der Waals surface area contributed by atoms with E-state index in [0.717, 1.165) is 11.3 Å². The van der Waals surface area contributed by atoms with Crippen molar-refractivity contribution in [3.63, 3.8) is 0 Å². The summed E-state index contributed by atoms with van der Waals surface area (Å²) in [6.07, 6.45) is 2.69. The Morgan fingerprint density at radius 1 is 1.31 bits per heavy atom. The largest absolute Gasteiger partial charge is 0.360 e. The van der Waals surface area contributed by atoms with Gasteiger partial charge >= 0.3 is 0 Å². The fraction of sp³-hybridized carbons (Fsp3) is 0.200. The molecule has 8 nitrogen and oxygen atoms in total. The zero-order valence-electron chi connectivity index (χ0n) is 16.1. The highest BCUT2D eigenvalue weighted by atomic mass is 32.1. The molecule has 0 radical (unpaired) electrons. The molecule has 1 aromatic heterocycles. The maximum atomic E-state index is 12.7. The summed E-state index contributed by atoms with van der Waals surface area (Å²) in [4.78, 5) is 36.2. The highest BCUT2D eigenvalue weighted by Crippen LogP contribution is 2.15. The minimum absolute atomic E-state index is 0.0930. The number of carbonyl (C=O) groups is 2. The maximum absolute atomic E-state index is 12.7. The van der Waals surface area contributed by atoms with Crippen molar-refractivity contribution in [3.8, 4) is 6.07 Å². The molecule has 2 aromatic rings. The Labute approximate surface area is 171 Å². The molecule has 1 heterocycles. The van der Waals surface area contributed by atoms with Crippen molar-refractivity contribution < 1.29 is 9.59 Å². The molecule has 0 fully saturated rings. The smallest absolute Gasteiger partial charge is 0.270 e. The first-order valence-electron chi connectivity index (χ1n) is 8.87. The van der Waals surface area contributed by atoms with E-state index in [1.165, 1.54) is 16.8 Å². The summed E-state index contributed by atoms with van der Waals surface area (Å²) in [5.74, 6) is -0.839. The number of thiazole rings is 1. The first-order chi connectivity index (χ1) is 13.9. The van der Waals surface area contributed by atoms with E-state index in [9.17, 15) is 19.6 Å². The second-order valence-electron chi connectivity index (χ2n) is 5.73. The number of nitriles is 1. The first-order valence-corrected chi connectivity index (χ1v) is 9.69. The average molecular weight is 411 g/mol. The van der Waals surface area contributed by atoms with Crippen molar-refractivity contribution in [2.45, 2.75) is 20.4 Å². The van der Waals surface area contributed by atoms with Gasteiger partial charge in [-0.2, -0.15) is 5.26 Å². The molecule has 0 aliphatic rings. The zero-order valence-corrected chi connectivity index (χ0v) is 16.9. The molecule has 0 aliphatic heterocycles. The number of hydrogen-bond donors (Lipinski definition) is 3. The molecule has 0 atom stereocenters. The van der Waals surface area contributed by atoms with Crippen LogP contribution in [0.3, 0.4) is 0 Å². The summed E-state index contributed by atoms with van der Waals surface area (Å²) in [6.45, 7) is 7.64. The van der Waals surface area contributed by atoms with Crippen LogP contribution in [0.15, 0.2) is 41.7 Å². The fourth-order valence-corrected chi connectivity index (χ4v) is 3.55. The monoisotopic (exact) mass is 411 g/mol. The molecule has 0 saturated carbocycles. The van der Waals surface area contributed by atoms with Gasteiger partial charge in [0.05, 0.1) is 0 Å². The molecule has 9 heteroatoms. The number of nitrogens with one attached hydrogen (secondary N) is 3. The number of amides is 2. The second kappa shape index (κ2) is 10.1. The molecular formula is C20H21N5O3S. The van der Waals surface area contributed by atoms with Crippen molar-refractivity contribution in [1.82, 2.24) is 9.88 Å². The van der Waals surface area contributed by atoms with E-state index in [4.69, 9.17) is 0 Å². The number of nitrogens with zero attached hydrogens (tertiary/aromatic N) is 2. The minimum atomic E-state index is -0.511. The summed E-state index contributed by atoms with van der Waals surface area (Å²) in [7, 11) is 0. The Kier molecular flexibility index (Phi) is 7.51. The lowest BCUT2D eigenvalue weighted by molar-refractivity contribution is -0.115. The van der Waals surface area contributed by atoms with Crippen LogP contribution < -0.4 is 30.7 Å². The number of carbonyl (C=O) groups excluding carboxylic acids is 2. The number of rotatable bonds is 7. The van der Waals surface area contributed by atoms with Gasteiger partial charge in [-0.15, -0.1) is 11.3 Å².